The van der Waals surface area contributed by atoms with Crippen LogP contribution >= 0.6 is 11.8 Å². The molecule has 0 aromatic heterocycles. The first-order valence-corrected chi connectivity index (χ1v) is 8.23. The summed E-state index contributed by atoms with van der Waals surface area (Å²) >= 11 is 1.89. The summed E-state index contributed by atoms with van der Waals surface area (Å²) in [6.45, 7) is 2.69. The van der Waals surface area contributed by atoms with Crippen LogP contribution < -0.4 is 16.6 Å². The summed E-state index contributed by atoms with van der Waals surface area (Å²) in [7, 11) is 0. The molecule has 1 fully saturated rings. The third kappa shape index (κ3) is 3.27. The molecule has 0 aliphatic heterocycles. The highest BCUT2D eigenvalue weighted by Gasteiger charge is 2.33. The number of nitrogens with two attached hydrogens (primary N) is 1. The molecule has 0 unspecified atom stereocenters. The number of amides is 1. The van der Waals surface area contributed by atoms with E-state index in [1.54, 1.807) is 6.07 Å². The zero-order valence-corrected chi connectivity index (χ0v) is 13.0. The Morgan fingerprint density at radius 2 is 2.10 bits per heavy atom. The number of aryl methyl sites for hydroxylation is 1. The van der Waals surface area contributed by atoms with Crippen molar-refractivity contribution < 1.29 is 4.79 Å². The molecule has 20 heavy (non-hydrogen) atoms. The Morgan fingerprint density at radius 1 is 1.40 bits per heavy atom. The van der Waals surface area contributed by atoms with E-state index in [9.17, 15) is 4.79 Å². The second-order valence-electron chi connectivity index (χ2n) is 5.45. The quantitative estimate of drug-likeness (QED) is 0.577. The summed E-state index contributed by atoms with van der Waals surface area (Å²) in [6, 6.07) is 5.51. The molecule has 1 aromatic carbocycles. The number of carbonyl (C=O) groups excluding carboxylic acids is 1. The topological polar surface area (TPSA) is 67.2 Å². The predicted octanol–water partition coefficient (Wildman–Crippen LogP) is 2.69. The van der Waals surface area contributed by atoms with Crippen molar-refractivity contribution in [1.82, 2.24) is 5.32 Å². The van der Waals surface area contributed by atoms with Crippen LogP contribution in [0.3, 0.4) is 0 Å². The maximum atomic E-state index is 12.2. The van der Waals surface area contributed by atoms with Crippen LogP contribution in [0.4, 0.5) is 5.69 Å². The van der Waals surface area contributed by atoms with Crippen LogP contribution in [0.2, 0.25) is 0 Å². The molecule has 1 aromatic rings. The highest BCUT2D eigenvalue weighted by Crippen LogP contribution is 2.39. The first-order valence-electron chi connectivity index (χ1n) is 7.01. The minimum Gasteiger partial charge on any atom is -0.351 e. The number of hydrogen-bond donors (Lipinski definition) is 3. The molecule has 1 saturated carbocycles. The lowest BCUT2D eigenvalue weighted by Crippen LogP contribution is -2.38. The predicted molar refractivity (Wildman–Crippen MR) is 86.0 cm³/mol. The van der Waals surface area contributed by atoms with E-state index in [4.69, 9.17) is 5.84 Å². The Hall–Kier alpha value is -1.20. The Labute approximate surface area is 124 Å². The molecule has 0 spiro atoms. The van der Waals surface area contributed by atoms with Gasteiger partial charge in [-0.15, -0.1) is 0 Å². The molecule has 4 nitrogen and oxygen atoms in total. The fourth-order valence-corrected chi connectivity index (χ4v) is 3.70. The number of hydrogen-bond acceptors (Lipinski definition) is 4. The third-order valence-electron chi connectivity index (χ3n) is 4.16. The smallest absolute Gasteiger partial charge is 0.251 e. The molecule has 0 radical (unpaired) electrons. The van der Waals surface area contributed by atoms with E-state index in [1.165, 1.54) is 25.7 Å². The molecule has 1 aliphatic rings. The van der Waals surface area contributed by atoms with Gasteiger partial charge in [-0.05, 0) is 49.8 Å². The van der Waals surface area contributed by atoms with Gasteiger partial charge < -0.3 is 10.7 Å². The molecule has 4 N–H and O–H groups in total. The normalized spacial score (nSPS) is 16.9. The number of nitrogen functional groups attached to an aromatic ring is 1. The second-order valence-corrected chi connectivity index (χ2v) is 6.73. The van der Waals surface area contributed by atoms with Crippen molar-refractivity contribution in [2.75, 3.05) is 18.2 Å². The molecule has 0 saturated heterocycles. The summed E-state index contributed by atoms with van der Waals surface area (Å²) in [6.07, 6.45) is 7.08. The molecule has 5 heteroatoms. The van der Waals surface area contributed by atoms with Gasteiger partial charge in [0, 0.05) is 16.9 Å². The minimum absolute atomic E-state index is 0.00278. The maximum absolute atomic E-state index is 12.2. The molecule has 0 bridgehead atoms. The van der Waals surface area contributed by atoms with E-state index in [2.05, 4.69) is 17.0 Å². The third-order valence-corrected chi connectivity index (χ3v) is 5.58. The molecular formula is C15H23N3OS. The molecule has 1 aliphatic carbocycles. The zero-order chi connectivity index (χ0) is 14.6. The van der Waals surface area contributed by atoms with Crippen LogP contribution in [0.1, 0.15) is 41.6 Å². The van der Waals surface area contributed by atoms with Crippen molar-refractivity contribution in [3.05, 3.63) is 29.3 Å². The van der Waals surface area contributed by atoms with Crippen molar-refractivity contribution in [3.63, 3.8) is 0 Å². The Kier molecular flexibility index (Phi) is 4.94. The van der Waals surface area contributed by atoms with E-state index in [0.29, 0.717) is 5.56 Å². The number of anilines is 1. The highest BCUT2D eigenvalue weighted by molar-refractivity contribution is 8.00. The van der Waals surface area contributed by atoms with Crippen molar-refractivity contribution in [3.8, 4) is 0 Å². The van der Waals surface area contributed by atoms with Gasteiger partial charge in [-0.2, -0.15) is 11.8 Å². The van der Waals surface area contributed by atoms with Crippen LogP contribution in [0.25, 0.3) is 0 Å². The van der Waals surface area contributed by atoms with Crippen LogP contribution in [0.5, 0.6) is 0 Å². The number of nitrogens with one attached hydrogen (secondary N) is 2. The zero-order valence-electron chi connectivity index (χ0n) is 12.2. The Bertz CT molecular complexity index is 484. The SMILES string of the molecule is CSC1(CNC(=O)c2ccc(NN)c(C)c2)CCCC1. The summed E-state index contributed by atoms with van der Waals surface area (Å²) in [5.41, 5.74) is 5.13. The number of rotatable bonds is 5. The number of hydrazine groups is 1. The van der Waals surface area contributed by atoms with Crippen LogP contribution in [0.15, 0.2) is 18.2 Å². The number of carbonyl (C=O) groups is 1. The van der Waals surface area contributed by atoms with Gasteiger partial charge in [-0.1, -0.05) is 12.8 Å². The van der Waals surface area contributed by atoms with Gasteiger partial charge in [0.2, 0.25) is 0 Å². The Balaban J connectivity index is 1.99. The average Bonchev–Trinajstić information content (AvgIpc) is 2.94. The number of benzene rings is 1. The first kappa shape index (κ1) is 15.2. The van der Waals surface area contributed by atoms with Crippen LogP contribution in [-0.2, 0) is 0 Å². The molecule has 0 atom stereocenters. The lowest BCUT2D eigenvalue weighted by Gasteiger charge is -2.27. The van der Waals surface area contributed by atoms with Gasteiger partial charge in [0.1, 0.15) is 0 Å². The van der Waals surface area contributed by atoms with Gasteiger partial charge in [-0.25, -0.2) is 0 Å². The van der Waals surface area contributed by atoms with Crippen molar-refractivity contribution >= 4 is 23.4 Å². The molecule has 2 rings (SSSR count). The van der Waals surface area contributed by atoms with Gasteiger partial charge >= 0.3 is 0 Å². The molecule has 110 valence electrons. The molecule has 1 amide bonds. The standard InChI is InChI=1S/C15H23N3OS/c1-11-9-12(5-6-13(11)18-16)14(19)17-10-15(20-2)7-3-4-8-15/h5-6,9,18H,3-4,7-8,10,16H2,1-2H3,(H,17,19). The maximum Gasteiger partial charge on any atom is 0.251 e. The van der Waals surface area contributed by atoms with E-state index in [-0.39, 0.29) is 10.7 Å². The molecular weight excluding hydrogens is 270 g/mol. The fourth-order valence-electron chi connectivity index (χ4n) is 2.78. The summed E-state index contributed by atoms with van der Waals surface area (Å²) in [5.74, 6) is 5.40. The first-order chi connectivity index (χ1) is 9.60. The highest BCUT2D eigenvalue weighted by atomic mass is 32.2. The molecule has 0 heterocycles. The summed E-state index contributed by atoms with van der Waals surface area (Å²) in [5, 5.41) is 3.09. The van der Waals surface area contributed by atoms with E-state index in [0.717, 1.165) is 17.8 Å². The van der Waals surface area contributed by atoms with Crippen LogP contribution in [-0.4, -0.2) is 23.5 Å². The monoisotopic (exact) mass is 293 g/mol. The lowest BCUT2D eigenvalue weighted by atomic mass is 10.1. The van der Waals surface area contributed by atoms with Crippen LogP contribution in [0, 0.1) is 6.92 Å². The van der Waals surface area contributed by atoms with E-state index >= 15 is 0 Å². The van der Waals surface area contributed by atoms with Crippen molar-refractivity contribution in [2.24, 2.45) is 5.84 Å². The number of thioether (sulfide) groups is 1. The van der Waals surface area contributed by atoms with E-state index < -0.39 is 0 Å². The average molecular weight is 293 g/mol. The van der Waals surface area contributed by atoms with E-state index in [1.807, 2.05) is 30.8 Å². The fraction of sp³-hybridized carbons (Fsp3) is 0.533. The van der Waals surface area contributed by atoms with Crippen molar-refractivity contribution in [2.45, 2.75) is 37.4 Å². The lowest BCUT2D eigenvalue weighted by molar-refractivity contribution is 0.0949. The van der Waals surface area contributed by atoms with Gasteiger partial charge in [0.15, 0.2) is 0 Å². The largest absolute Gasteiger partial charge is 0.351 e. The Morgan fingerprint density at radius 3 is 2.65 bits per heavy atom. The summed E-state index contributed by atoms with van der Waals surface area (Å²) in [4.78, 5) is 12.2. The van der Waals surface area contributed by atoms with Gasteiger partial charge in [-0.3, -0.25) is 10.6 Å². The minimum atomic E-state index is -0.00278. The van der Waals surface area contributed by atoms with Gasteiger partial charge in [0.25, 0.3) is 5.91 Å². The van der Waals surface area contributed by atoms with Crippen molar-refractivity contribution in [1.29, 1.82) is 0 Å². The summed E-state index contributed by atoms with van der Waals surface area (Å²) < 4.78 is 0.240. The second kappa shape index (κ2) is 6.50. The van der Waals surface area contributed by atoms with Gasteiger partial charge in [0.05, 0.1) is 5.69 Å².